The van der Waals surface area contributed by atoms with Gasteiger partial charge in [-0.15, -0.1) is 0 Å². The second kappa shape index (κ2) is 10.9. The minimum atomic E-state index is -1.10. The molecule has 0 radical (unpaired) electrons. The van der Waals surface area contributed by atoms with E-state index in [9.17, 15) is 19.2 Å². The van der Waals surface area contributed by atoms with Gasteiger partial charge in [-0.1, -0.05) is 45.2 Å². The Bertz CT molecular complexity index is 931. The van der Waals surface area contributed by atoms with Crippen molar-refractivity contribution >= 4 is 23.7 Å². The highest BCUT2D eigenvalue weighted by molar-refractivity contribution is 6.22. The quantitative estimate of drug-likeness (QED) is 0.444. The lowest BCUT2D eigenvalue weighted by Crippen LogP contribution is -2.60. The lowest BCUT2D eigenvalue weighted by atomic mass is 9.79. The summed E-state index contributed by atoms with van der Waals surface area (Å²) >= 11 is 0. The summed E-state index contributed by atoms with van der Waals surface area (Å²) in [6, 6.07) is 5.39. The normalized spacial score (nSPS) is 21.1. The molecule has 190 valence electrons. The number of amides is 3. The molecular formula is C26H35N3O6. The first kappa shape index (κ1) is 25.3. The molecule has 35 heavy (non-hydrogen) atoms. The molecule has 4 rings (SSSR count). The third-order valence-electron chi connectivity index (χ3n) is 7.40. The van der Waals surface area contributed by atoms with Gasteiger partial charge >= 0.3 is 5.97 Å². The molecule has 3 aliphatic rings. The first-order valence-corrected chi connectivity index (χ1v) is 12.6. The van der Waals surface area contributed by atoms with E-state index < -0.39 is 30.4 Å². The second-order valence-electron chi connectivity index (χ2n) is 9.98. The summed E-state index contributed by atoms with van der Waals surface area (Å²) in [6.45, 7) is 6.61. The fourth-order valence-electron chi connectivity index (χ4n) is 5.52. The zero-order valence-electron chi connectivity index (χ0n) is 20.6. The average Bonchev–Trinajstić information content (AvgIpc) is 3.12. The summed E-state index contributed by atoms with van der Waals surface area (Å²) in [5.74, 6) is -2.56. The minimum absolute atomic E-state index is 0.0949. The Kier molecular flexibility index (Phi) is 7.86. The topological polar surface area (TPSA) is 105 Å². The van der Waals surface area contributed by atoms with E-state index in [1.807, 2.05) is 0 Å². The molecular weight excluding hydrogens is 450 g/mol. The van der Waals surface area contributed by atoms with Crippen LogP contribution >= 0.6 is 0 Å². The highest BCUT2D eigenvalue weighted by Gasteiger charge is 2.45. The first-order chi connectivity index (χ1) is 16.8. The molecule has 1 aliphatic carbocycles. The van der Waals surface area contributed by atoms with Crippen molar-refractivity contribution in [2.24, 2.45) is 5.92 Å². The SMILES string of the molecule is CC(C)[C@@H](C(=O)OCC(=O)NCC1(N2CCOCC2)CCCCC1)N1C(=O)c2ccccc2C1=O. The van der Waals surface area contributed by atoms with E-state index in [0.717, 1.165) is 43.7 Å². The Morgan fingerprint density at radius 2 is 1.63 bits per heavy atom. The molecule has 2 heterocycles. The van der Waals surface area contributed by atoms with E-state index in [2.05, 4.69) is 10.2 Å². The van der Waals surface area contributed by atoms with Gasteiger partial charge in [-0.2, -0.15) is 0 Å². The van der Waals surface area contributed by atoms with Gasteiger partial charge < -0.3 is 14.8 Å². The van der Waals surface area contributed by atoms with Crippen molar-refractivity contribution in [2.45, 2.75) is 57.5 Å². The van der Waals surface area contributed by atoms with Crippen LogP contribution in [0.3, 0.4) is 0 Å². The molecule has 0 bridgehead atoms. The molecule has 2 aliphatic heterocycles. The van der Waals surface area contributed by atoms with Gasteiger partial charge in [0, 0.05) is 25.2 Å². The number of carbonyl (C=O) groups excluding carboxylic acids is 4. The van der Waals surface area contributed by atoms with Crippen LogP contribution in [0.25, 0.3) is 0 Å². The molecule has 1 saturated carbocycles. The maximum absolute atomic E-state index is 13.0. The van der Waals surface area contributed by atoms with Gasteiger partial charge in [0.1, 0.15) is 6.04 Å². The Morgan fingerprint density at radius 3 is 2.20 bits per heavy atom. The van der Waals surface area contributed by atoms with E-state index in [1.165, 1.54) is 6.42 Å². The van der Waals surface area contributed by atoms with Crippen LogP contribution in [-0.2, 0) is 19.1 Å². The van der Waals surface area contributed by atoms with Crippen molar-refractivity contribution in [3.8, 4) is 0 Å². The lowest BCUT2D eigenvalue weighted by molar-refractivity contribution is -0.153. The number of fused-ring (bicyclic) bond motifs is 1. The number of nitrogens with zero attached hydrogens (tertiary/aromatic N) is 2. The maximum Gasteiger partial charge on any atom is 0.330 e. The van der Waals surface area contributed by atoms with E-state index in [4.69, 9.17) is 9.47 Å². The molecule has 2 fully saturated rings. The molecule has 1 N–H and O–H groups in total. The summed E-state index contributed by atoms with van der Waals surface area (Å²) < 4.78 is 10.8. The molecule has 1 aromatic carbocycles. The van der Waals surface area contributed by atoms with Gasteiger partial charge in [-0.25, -0.2) is 4.79 Å². The van der Waals surface area contributed by atoms with Crippen molar-refractivity contribution in [1.29, 1.82) is 0 Å². The Balaban J connectivity index is 1.35. The maximum atomic E-state index is 13.0. The van der Waals surface area contributed by atoms with Gasteiger partial charge in [-0.05, 0) is 30.9 Å². The number of ether oxygens (including phenoxy) is 2. The standard InChI is InChI=1S/C26H35N3O6/c1-18(2)22(29-23(31)19-8-4-5-9-20(19)24(29)32)25(33)35-16-21(30)27-17-26(10-6-3-7-11-26)28-12-14-34-15-13-28/h4-5,8-9,18,22H,3,6-7,10-17H2,1-2H3,(H,27,30)/t22-/m0/s1. The predicted octanol–water partition coefficient (Wildman–Crippen LogP) is 2.00. The third kappa shape index (κ3) is 5.26. The first-order valence-electron chi connectivity index (χ1n) is 12.6. The van der Waals surface area contributed by atoms with Crippen LogP contribution in [0, 0.1) is 5.92 Å². The molecule has 9 heteroatoms. The molecule has 1 saturated heterocycles. The third-order valence-corrected chi connectivity index (χ3v) is 7.40. The van der Waals surface area contributed by atoms with Crippen molar-refractivity contribution in [3.05, 3.63) is 35.4 Å². The van der Waals surface area contributed by atoms with Crippen LogP contribution in [0.1, 0.15) is 66.7 Å². The van der Waals surface area contributed by atoms with Gasteiger partial charge in [0.15, 0.2) is 6.61 Å². The Labute approximate surface area is 206 Å². The molecule has 1 atom stereocenters. The summed E-state index contributed by atoms with van der Waals surface area (Å²) in [4.78, 5) is 54.7. The number of hydrogen-bond donors (Lipinski definition) is 1. The van der Waals surface area contributed by atoms with Crippen molar-refractivity contribution in [2.75, 3.05) is 39.5 Å². The van der Waals surface area contributed by atoms with E-state index in [0.29, 0.717) is 19.8 Å². The predicted molar refractivity (Wildman–Crippen MR) is 128 cm³/mol. The summed E-state index contributed by atoms with van der Waals surface area (Å²) in [6.07, 6.45) is 5.48. The van der Waals surface area contributed by atoms with Gasteiger partial charge in [0.25, 0.3) is 17.7 Å². The summed E-state index contributed by atoms with van der Waals surface area (Å²) in [5.41, 5.74) is 0.451. The monoisotopic (exact) mass is 485 g/mol. The van der Waals surface area contributed by atoms with E-state index in [1.54, 1.807) is 38.1 Å². The van der Waals surface area contributed by atoms with Crippen LogP contribution in [0.5, 0.6) is 0 Å². The number of morpholine rings is 1. The molecule has 0 spiro atoms. The van der Waals surface area contributed by atoms with Crippen LogP contribution in [0.15, 0.2) is 24.3 Å². The summed E-state index contributed by atoms with van der Waals surface area (Å²) in [7, 11) is 0. The number of carbonyl (C=O) groups is 4. The fourth-order valence-corrected chi connectivity index (χ4v) is 5.52. The summed E-state index contributed by atoms with van der Waals surface area (Å²) in [5, 5.41) is 2.97. The number of esters is 1. The average molecular weight is 486 g/mol. The van der Waals surface area contributed by atoms with Crippen LogP contribution in [0.2, 0.25) is 0 Å². The highest BCUT2D eigenvalue weighted by atomic mass is 16.5. The van der Waals surface area contributed by atoms with Gasteiger partial charge in [0.05, 0.1) is 24.3 Å². The van der Waals surface area contributed by atoms with Crippen molar-refractivity contribution in [1.82, 2.24) is 15.1 Å². The van der Waals surface area contributed by atoms with Crippen LogP contribution in [-0.4, -0.2) is 84.5 Å². The van der Waals surface area contributed by atoms with Crippen LogP contribution in [0.4, 0.5) is 0 Å². The number of nitrogens with one attached hydrogen (secondary N) is 1. The highest BCUT2D eigenvalue weighted by Crippen LogP contribution is 2.34. The van der Waals surface area contributed by atoms with E-state index >= 15 is 0 Å². The number of rotatable bonds is 8. The zero-order chi connectivity index (χ0) is 25.0. The number of hydrogen-bond acceptors (Lipinski definition) is 7. The van der Waals surface area contributed by atoms with Crippen LogP contribution < -0.4 is 5.32 Å². The molecule has 0 aromatic heterocycles. The smallest absolute Gasteiger partial charge is 0.330 e. The van der Waals surface area contributed by atoms with E-state index in [-0.39, 0.29) is 28.5 Å². The second-order valence-corrected chi connectivity index (χ2v) is 9.98. The molecule has 3 amide bonds. The molecule has 0 unspecified atom stereocenters. The van der Waals surface area contributed by atoms with Gasteiger partial charge in [-0.3, -0.25) is 24.2 Å². The van der Waals surface area contributed by atoms with Gasteiger partial charge in [0.2, 0.25) is 0 Å². The largest absolute Gasteiger partial charge is 0.454 e. The number of benzene rings is 1. The minimum Gasteiger partial charge on any atom is -0.454 e. The number of imide groups is 1. The molecule has 1 aromatic rings. The van der Waals surface area contributed by atoms with Crippen molar-refractivity contribution in [3.63, 3.8) is 0 Å². The fraction of sp³-hybridized carbons (Fsp3) is 0.615. The molecule has 9 nitrogen and oxygen atoms in total. The Hall–Kier alpha value is -2.78. The zero-order valence-corrected chi connectivity index (χ0v) is 20.6. The van der Waals surface area contributed by atoms with Crippen molar-refractivity contribution < 1.29 is 28.7 Å². The lowest BCUT2D eigenvalue weighted by Gasteiger charge is -2.48. The Morgan fingerprint density at radius 1 is 1.03 bits per heavy atom.